The van der Waals surface area contributed by atoms with Crippen molar-refractivity contribution in [3.63, 3.8) is 0 Å². The lowest BCUT2D eigenvalue weighted by Gasteiger charge is -2.23. The summed E-state index contributed by atoms with van der Waals surface area (Å²) in [7, 11) is 0. The number of carbonyl (C=O) groups excluding carboxylic acids is 1. The van der Waals surface area contributed by atoms with Crippen LogP contribution in [0.15, 0.2) is 24.3 Å². The first kappa shape index (κ1) is 10.7. The Labute approximate surface area is 95.1 Å². The first-order valence-electron chi connectivity index (χ1n) is 5.52. The number of hydrogen-bond donors (Lipinski definition) is 1. The predicted octanol–water partition coefficient (Wildman–Crippen LogP) is 1.43. The quantitative estimate of drug-likeness (QED) is 0.757. The van der Waals surface area contributed by atoms with Crippen LogP contribution in [0, 0.1) is 17.2 Å². The Balaban J connectivity index is 2.03. The number of fused-ring (bicyclic) bond motifs is 1. The highest BCUT2D eigenvalue weighted by atomic mass is 16.1. The van der Waals surface area contributed by atoms with Crippen LogP contribution in [0.1, 0.15) is 17.5 Å². The first-order chi connectivity index (χ1) is 7.81. The maximum absolute atomic E-state index is 11.7. The fourth-order valence-corrected chi connectivity index (χ4v) is 2.19. The highest BCUT2D eigenvalue weighted by Gasteiger charge is 2.23. The lowest BCUT2D eigenvalue weighted by Crippen LogP contribution is -2.34. The number of nitrogens with one attached hydrogen (secondary N) is 1. The predicted molar refractivity (Wildman–Crippen MR) is 60.6 cm³/mol. The van der Waals surface area contributed by atoms with Crippen LogP contribution in [-0.2, 0) is 17.6 Å². The Hall–Kier alpha value is -1.82. The summed E-state index contributed by atoms with van der Waals surface area (Å²) >= 11 is 0. The lowest BCUT2D eigenvalue weighted by atomic mass is 9.83. The van der Waals surface area contributed by atoms with Crippen molar-refractivity contribution in [2.45, 2.75) is 19.3 Å². The van der Waals surface area contributed by atoms with E-state index in [0.717, 1.165) is 19.3 Å². The van der Waals surface area contributed by atoms with Crippen LogP contribution < -0.4 is 5.32 Å². The van der Waals surface area contributed by atoms with Crippen LogP contribution >= 0.6 is 0 Å². The Morgan fingerprint density at radius 2 is 2.19 bits per heavy atom. The zero-order valence-corrected chi connectivity index (χ0v) is 9.07. The van der Waals surface area contributed by atoms with E-state index in [1.54, 1.807) is 0 Å². The molecule has 0 aromatic heterocycles. The second-order valence-corrected chi connectivity index (χ2v) is 4.08. The molecule has 2 rings (SSSR count). The molecule has 1 aliphatic rings. The molecule has 16 heavy (non-hydrogen) atoms. The highest BCUT2D eigenvalue weighted by molar-refractivity contribution is 5.79. The number of nitriles is 1. The van der Waals surface area contributed by atoms with E-state index in [1.165, 1.54) is 11.1 Å². The van der Waals surface area contributed by atoms with E-state index < -0.39 is 0 Å². The van der Waals surface area contributed by atoms with Gasteiger partial charge in [-0.15, -0.1) is 0 Å². The molecule has 0 spiro atoms. The molecule has 0 fully saturated rings. The number of nitrogens with zero attached hydrogens (tertiary/aromatic N) is 1. The van der Waals surface area contributed by atoms with Gasteiger partial charge in [0.1, 0.15) is 6.54 Å². The third kappa shape index (κ3) is 2.22. The minimum Gasteiger partial charge on any atom is -0.343 e. The molecule has 0 saturated carbocycles. The van der Waals surface area contributed by atoms with Gasteiger partial charge in [0.05, 0.1) is 6.07 Å². The Kier molecular flexibility index (Phi) is 3.21. The van der Waals surface area contributed by atoms with Gasteiger partial charge in [-0.3, -0.25) is 4.79 Å². The molecular weight excluding hydrogens is 200 g/mol. The normalized spacial score (nSPS) is 18.3. The molecule has 1 aliphatic carbocycles. The number of aryl methyl sites for hydroxylation is 1. The summed E-state index contributed by atoms with van der Waals surface area (Å²) in [6, 6.07) is 10.2. The molecule has 0 heterocycles. The first-order valence-corrected chi connectivity index (χ1v) is 5.52. The van der Waals surface area contributed by atoms with Crippen LogP contribution in [0.4, 0.5) is 0 Å². The molecule has 1 aromatic rings. The summed E-state index contributed by atoms with van der Waals surface area (Å²) in [5.74, 6) is 0.0410. The summed E-state index contributed by atoms with van der Waals surface area (Å²) in [6.07, 6.45) is 2.64. The number of rotatable bonds is 2. The van der Waals surface area contributed by atoms with Crippen molar-refractivity contribution in [3.05, 3.63) is 35.4 Å². The molecule has 1 unspecified atom stereocenters. The van der Waals surface area contributed by atoms with Crippen molar-refractivity contribution in [1.29, 1.82) is 5.26 Å². The number of hydrogen-bond acceptors (Lipinski definition) is 2. The Morgan fingerprint density at radius 1 is 1.44 bits per heavy atom. The zero-order chi connectivity index (χ0) is 11.4. The molecule has 0 radical (unpaired) electrons. The number of carbonyl (C=O) groups is 1. The van der Waals surface area contributed by atoms with E-state index in [2.05, 4.69) is 17.4 Å². The smallest absolute Gasteiger partial charge is 0.224 e. The van der Waals surface area contributed by atoms with Gasteiger partial charge in [-0.2, -0.15) is 5.26 Å². The second kappa shape index (κ2) is 4.80. The van der Waals surface area contributed by atoms with Crippen LogP contribution in [0.2, 0.25) is 0 Å². The lowest BCUT2D eigenvalue weighted by molar-refractivity contribution is -0.125. The molecule has 0 bridgehead atoms. The molecule has 1 aromatic carbocycles. The molecule has 0 saturated heterocycles. The molecule has 0 aliphatic heterocycles. The highest BCUT2D eigenvalue weighted by Crippen LogP contribution is 2.25. The minimum absolute atomic E-state index is 0.0102. The molecule has 1 N–H and O–H groups in total. The average molecular weight is 214 g/mol. The van der Waals surface area contributed by atoms with E-state index in [0.29, 0.717) is 0 Å². The van der Waals surface area contributed by atoms with Gasteiger partial charge in [0.25, 0.3) is 0 Å². The summed E-state index contributed by atoms with van der Waals surface area (Å²) in [5, 5.41) is 11.0. The third-order valence-electron chi connectivity index (χ3n) is 3.06. The van der Waals surface area contributed by atoms with Gasteiger partial charge in [-0.1, -0.05) is 24.3 Å². The Bertz CT molecular complexity index is 434. The average Bonchev–Trinajstić information content (AvgIpc) is 2.35. The minimum atomic E-state index is 0.0102. The maximum atomic E-state index is 11.7. The molecule has 1 atom stereocenters. The molecule has 82 valence electrons. The Morgan fingerprint density at radius 3 is 2.94 bits per heavy atom. The molecule has 3 heteroatoms. The van der Waals surface area contributed by atoms with Gasteiger partial charge < -0.3 is 5.32 Å². The molecule has 3 nitrogen and oxygen atoms in total. The van der Waals surface area contributed by atoms with Crippen LogP contribution in [0.3, 0.4) is 0 Å². The summed E-state index contributed by atoms with van der Waals surface area (Å²) in [5.41, 5.74) is 2.62. The van der Waals surface area contributed by atoms with Gasteiger partial charge in [0, 0.05) is 5.92 Å². The fourth-order valence-electron chi connectivity index (χ4n) is 2.19. The van der Waals surface area contributed by atoms with Crippen molar-refractivity contribution in [1.82, 2.24) is 5.32 Å². The van der Waals surface area contributed by atoms with Crippen LogP contribution in [-0.4, -0.2) is 12.5 Å². The second-order valence-electron chi connectivity index (χ2n) is 4.08. The molecule has 1 amide bonds. The van der Waals surface area contributed by atoms with Gasteiger partial charge >= 0.3 is 0 Å². The SMILES string of the molecule is N#CCNC(=O)C1CCc2ccccc2C1. The largest absolute Gasteiger partial charge is 0.343 e. The van der Waals surface area contributed by atoms with E-state index in [1.807, 2.05) is 18.2 Å². The zero-order valence-electron chi connectivity index (χ0n) is 9.07. The third-order valence-corrected chi connectivity index (χ3v) is 3.06. The van der Waals surface area contributed by atoms with E-state index in [9.17, 15) is 4.79 Å². The topological polar surface area (TPSA) is 52.9 Å². The van der Waals surface area contributed by atoms with E-state index >= 15 is 0 Å². The van der Waals surface area contributed by atoms with Crippen LogP contribution in [0.5, 0.6) is 0 Å². The van der Waals surface area contributed by atoms with Gasteiger partial charge in [0.15, 0.2) is 0 Å². The fraction of sp³-hybridized carbons (Fsp3) is 0.385. The van der Waals surface area contributed by atoms with E-state index in [-0.39, 0.29) is 18.4 Å². The standard InChI is InChI=1S/C13H14N2O/c14-7-8-15-13(16)12-6-5-10-3-1-2-4-11(10)9-12/h1-4,12H,5-6,8-9H2,(H,15,16). The van der Waals surface area contributed by atoms with Crippen molar-refractivity contribution in [2.75, 3.05) is 6.54 Å². The van der Waals surface area contributed by atoms with Crippen LogP contribution in [0.25, 0.3) is 0 Å². The van der Waals surface area contributed by atoms with E-state index in [4.69, 9.17) is 5.26 Å². The van der Waals surface area contributed by atoms with Crippen molar-refractivity contribution < 1.29 is 4.79 Å². The summed E-state index contributed by atoms with van der Waals surface area (Å²) < 4.78 is 0. The summed E-state index contributed by atoms with van der Waals surface area (Å²) in [4.78, 5) is 11.7. The number of benzene rings is 1. The van der Waals surface area contributed by atoms with Crippen molar-refractivity contribution >= 4 is 5.91 Å². The van der Waals surface area contributed by atoms with Gasteiger partial charge in [-0.05, 0) is 30.4 Å². The maximum Gasteiger partial charge on any atom is 0.224 e. The van der Waals surface area contributed by atoms with Crippen molar-refractivity contribution in [2.24, 2.45) is 5.92 Å². The number of amides is 1. The van der Waals surface area contributed by atoms with Gasteiger partial charge in [0.2, 0.25) is 5.91 Å². The van der Waals surface area contributed by atoms with Gasteiger partial charge in [-0.25, -0.2) is 0 Å². The molecular formula is C13H14N2O. The monoisotopic (exact) mass is 214 g/mol. The summed E-state index contributed by atoms with van der Waals surface area (Å²) in [6.45, 7) is 0.108. The van der Waals surface area contributed by atoms with Crippen molar-refractivity contribution in [3.8, 4) is 6.07 Å².